The SMILES string of the molecule is COc1ccc(Nc2nc(N)nc(CSC(C)C)n2)cc1. The zero-order valence-corrected chi connectivity index (χ0v) is 13.1. The number of ether oxygens (including phenoxy) is 1. The number of methoxy groups -OCH3 is 1. The number of benzene rings is 1. The fraction of sp³-hybridized carbons (Fsp3) is 0.357. The van der Waals surface area contributed by atoms with E-state index in [0.29, 0.717) is 22.8 Å². The number of nitrogen functional groups attached to an aromatic ring is 1. The smallest absolute Gasteiger partial charge is 0.232 e. The van der Waals surface area contributed by atoms with Crippen molar-refractivity contribution in [1.82, 2.24) is 15.0 Å². The van der Waals surface area contributed by atoms with Crippen molar-refractivity contribution in [1.29, 1.82) is 0 Å². The molecule has 0 radical (unpaired) electrons. The quantitative estimate of drug-likeness (QED) is 0.848. The molecule has 0 spiro atoms. The van der Waals surface area contributed by atoms with Gasteiger partial charge in [-0.3, -0.25) is 0 Å². The van der Waals surface area contributed by atoms with Crippen LogP contribution < -0.4 is 15.8 Å². The Morgan fingerprint density at radius 1 is 1.19 bits per heavy atom. The summed E-state index contributed by atoms with van der Waals surface area (Å²) in [7, 11) is 1.63. The van der Waals surface area contributed by atoms with Gasteiger partial charge < -0.3 is 15.8 Å². The van der Waals surface area contributed by atoms with Crippen LogP contribution in [0.3, 0.4) is 0 Å². The number of rotatable bonds is 6. The Morgan fingerprint density at radius 2 is 1.90 bits per heavy atom. The fourth-order valence-corrected chi connectivity index (χ4v) is 2.21. The van der Waals surface area contributed by atoms with Crippen LogP contribution in [-0.2, 0) is 5.75 Å². The molecule has 21 heavy (non-hydrogen) atoms. The standard InChI is InChI=1S/C14H19N5OS/c1-9(2)21-8-12-17-13(15)19-14(18-12)16-10-4-6-11(20-3)7-5-10/h4-7,9H,8H2,1-3H3,(H3,15,16,17,18,19). The first-order valence-electron chi connectivity index (χ1n) is 6.60. The topological polar surface area (TPSA) is 86.0 Å². The second kappa shape index (κ2) is 7.12. The molecule has 0 aliphatic rings. The molecule has 0 amide bonds. The van der Waals surface area contributed by atoms with E-state index in [0.717, 1.165) is 11.4 Å². The van der Waals surface area contributed by atoms with Gasteiger partial charge in [-0.25, -0.2) is 0 Å². The van der Waals surface area contributed by atoms with E-state index in [1.165, 1.54) is 0 Å². The first-order valence-corrected chi connectivity index (χ1v) is 7.65. The number of nitrogens with one attached hydrogen (secondary N) is 1. The molecule has 6 nitrogen and oxygen atoms in total. The molecule has 0 saturated heterocycles. The van der Waals surface area contributed by atoms with Gasteiger partial charge in [0.15, 0.2) is 0 Å². The molecule has 2 aromatic rings. The second-order valence-electron chi connectivity index (χ2n) is 4.65. The van der Waals surface area contributed by atoms with Crippen molar-refractivity contribution in [2.45, 2.75) is 24.9 Å². The highest BCUT2D eigenvalue weighted by atomic mass is 32.2. The minimum absolute atomic E-state index is 0.223. The summed E-state index contributed by atoms with van der Waals surface area (Å²) in [6, 6.07) is 7.51. The molecule has 1 heterocycles. The Balaban J connectivity index is 2.11. The van der Waals surface area contributed by atoms with Crippen molar-refractivity contribution in [3.8, 4) is 5.75 Å². The lowest BCUT2D eigenvalue weighted by atomic mass is 10.3. The highest BCUT2D eigenvalue weighted by Gasteiger charge is 2.06. The molecule has 112 valence electrons. The second-order valence-corrected chi connectivity index (χ2v) is 6.21. The van der Waals surface area contributed by atoms with Crippen LogP contribution in [0, 0.1) is 0 Å². The first kappa shape index (κ1) is 15.4. The number of anilines is 3. The zero-order chi connectivity index (χ0) is 15.2. The molecule has 7 heteroatoms. The van der Waals surface area contributed by atoms with Crippen LogP contribution >= 0.6 is 11.8 Å². The Morgan fingerprint density at radius 3 is 2.52 bits per heavy atom. The predicted molar refractivity (Wildman–Crippen MR) is 86.9 cm³/mol. The normalized spacial score (nSPS) is 10.7. The van der Waals surface area contributed by atoms with E-state index in [4.69, 9.17) is 10.5 Å². The zero-order valence-electron chi connectivity index (χ0n) is 12.3. The summed E-state index contributed by atoms with van der Waals surface area (Å²) in [6.07, 6.45) is 0. The van der Waals surface area contributed by atoms with Gasteiger partial charge in [0.25, 0.3) is 0 Å². The van der Waals surface area contributed by atoms with Crippen LogP contribution in [0.15, 0.2) is 24.3 Å². The summed E-state index contributed by atoms with van der Waals surface area (Å²) < 4.78 is 5.12. The van der Waals surface area contributed by atoms with Crippen molar-refractivity contribution in [3.05, 3.63) is 30.1 Å². The highest BCUT2D eigenvalue weighted by Crippen LogP contribution is 2.19. The van der Waals surface area contributed by atoms with E-state index < -0.39 is 0 Å². The maximum absolute atomic E-state index is 5.73. The molecule has 0 atom stereocenters. The number of hydrogen-bond donors (Lipinski definition) is 2. The molecular weight excluding hydrogens is 286 g/mol. The Kier molecular flexibility index (Phi) is 5.21. The van der Waals surface area contributed by atoms with Crippen LogP contribution in [0.1, 0.15) is 19.7 Å². The van der Waals surface area contributed by atoms with Crippen LogP contribution in [-0.4, -0.2) is 27.3 Å². The number of nitrogens with zero attached hydrogens (tertiary/aromatic N) is 3. The lowest BCUT2D eigenvalue weighted by Crippen LogP contribution is -2.07. The molecule has 0 bridgehead atoms. The fourth-order valence-electron chi connectivity index (χ4n) is 1.60. The van der Waals surface area contributed by atoms with Crippen molar-refractivity contribution in [2.24, 2.45) is 0 Å². The number of aromatic nitrogens is 3. The molecular formula is C14H19N5OS. The molecule has 0 aliphatic heterocycles. The van der Waals surface area contributed by atoms with Crippen molar-refractivity contribution in [3.63, 3.8) is 0 Å². The van der Waals surface area contributed by atoms with Crippen LogP contribution in [0.25, 0.3) is 0 Å². The number of nitrogens with two attached hydrogens (primary N) is 1. The maximum atomic E-state index is 5.73. The van der Waals surface area contributed by atoms with E-state index in [2.05, 4.69) is 34.1 Å². The minimum Gasteiger partial charge on any atom is -0.497 e. The third-order valence-corrected chi connectivity index (χ3v) is 3.68. The Hall–Kier alpha value is -2.02. The van der Waals surface area contributed by atoms with Gasteiger partial charge in [0.05, 0.1) is 12.9 Å². The third kappa shape index (κ3) is 4.78. The van der Waals surface area contributed by atoms with E-state index >= 15 is 0 Å². The van der Waals surface area contributed by atoms with Gasteiger partial charge >= 0.3 is 0 Å². The van der Waals surface area contributed by atoms with E-state index in [9.17, 15) is 0 Å². The summed E-state index contributed by atoms with van der Waals surface area (Å²) >= 11 is 1.76. The third-order valence-electron chi connectivity index (χ3n) is 2.59. The van der Waals surface area contributed by atoms with Crippen molar-refractivity contribution >= 4 is 29.3 Å². The van der Waals surface area contributed by atoms with Crippen LogP contribution in [0.5, 0.6) is 5.75 Å². The lowest BCUT2D eigenvalue weighted by molar-refractivity contribution is 0.415. The summed E-state index contributed by atoms with van der Waals surface area (Å²) in [5.41, 5.74) is 6.60. The highest BCUT2D eigenvalue weighted by molar-refractivity contribution is 7.99. The molecule has 0 aliphatic carbocycles. The molecule has 0 saturated carbocycles. The minimum atomic E-state index is 0.223. The monoisotopic (exact) mass is 305 g/mol. The summed E-state index contributed by atoms with van der Waals surface area (Å²) in [6.45, 7) is 4.26. The van der Waals surface area contributed by atoms with Gasteiger partial charge in [-0.05, 0) is 29.5 Å². The average Bonchev–Trinajstić information content (AvgIpc) is 2.45. The van der Waals surface area contributed by atoms with Gasteiger partial charge in [-0.1, -0.05) is 13.8 Å². The summed E-state index contributed by atoms with van der Waals surface area (Å²) in [4.78, 5) is 12.6. The number of thioether (sulfide) groups is 1. The van der Waals surface area contributed by atoms with Gasteiger partial charge in [-0.15, -0.1) is 0 Å². The van der Waals surface area contributed by atoms with E-state index in [1.54, 1.807) is 18.9 Å². The molecule has 1 aromatic heterocycles. The van der Waals surface area contributed by atoms with Crippen molar-refractivity contribution in [2.75, 3.05) is 18.2 Å². The summed E-state index contributed by atoms with van der Waals surface area (Å²) in [5.74, 6) is 2.86. The van der Waals surface area contributed by atoms with Gasteiger partial charge in [0, 0.05) is 5.69 Å². The van der Waals surface area contributed by atoms with Gasteiger partial charge in [-0.2, -0.15) is 26.7 Å². The molecule has 1 aromatic carbocycles. The number of hydrogen-bond acceptors (Lipinski definition) is 7. The predicted octanol–water partition coefficient (Wildman–Crippen LogP) is 2.85. The van der Waals surface area contributed by atoms with Gasteiger partial charge in [0.1, 0.15) is 11.6 Å². The Bertz CT molecular complexity index is 588. The molecule has 2 rings (SSSR count). The maximum Gasteiger partial charge on any atom is 0.232 e. The van der Waals surface area contributed by atoms with E-state index in [1.807, 2.05) is 24.3 Å². The largest absolute Gasteiger partial charge is 0.497 e. The van der Waals surface area contributed by atoms with Gasteiger partial charge in [0.2, 0.25) is 11.9 Å². The first-order chi connectivity index (χ1) is 10.1. The Labute approximate surface area is 128 Å². The van der Waals surface area contributed by atoms with Crippen molar-refractivity contribution < 1.29 is 4.74 Å². The van der Waals surface area contributed by atoms with Crippen LogP contribution in [0.4, 0.5) is 17.6 Å². The average molecular weight is 305 g/mol. The molecule has 0 fully saturated rings. The van der Waals surface area contributed by atoms with E-state index in [-0.39, 0.29) is 5.95 Å². The van der Waals surface area contributed by atoms with Crippen LogP contribution in [0.2, 0.25) is 0 Å². The lowest BCUT2D eigenvalue weighted by Gasteiger charge is -2.08. The summed E-state index contributed by atoms with van der Waals surface area (Å²) in [5, 5.41) is 3.63. The molecule has 0 unspecified atom stereocenters. The molecule has 3 N–H and O–H groups in total.